The van der Waals surface area contributed by atoms with Gasteiger partial charge in [-0.2, -0.15) is 0 Å². The number of halogens is 1. The number of benzene rings is 1. The van der Waals surface area contributed by atoms with Crippen molar-refractivity contribution in [3.63, 3.8) is 0 Å². The molecule has 1 N–H and O–H groups in total. The number of aromatic nitrogens is 2. The van der Waals surface area contributed by atoms with Crippen LogP contribution in [-0.2, 0) is 6.54 Å². The van der Waals surface area contributed by atoms with Gasteiger partial charge in [-0.15, -0.1) is 10.2 Å². The molecular weight excluding hydrogens is 284 g/mol. The molecule has 19 heavy (non-hydrogen) atoms. The Morgan fingerprint density at radius 1 is 1.37 bits per heavy atom. The maximum atomic E-state index is 12.1. The van der Waals surface area contributed by atoms with Crippen LogP contribution in [0.2, 0.25) is 5.02 Å². The molecule has 2 aromatic rings. The normalized spacial score (nSPS) is 10.3. The number of anilines is 1. The SMILES string of the molecule is CNc1nnc(C(=O)N(C)Cc2ccc(Cl)cc2)s1. The van der Waals surface area contributed by atoms with Crippen LogP contribution in [0.5, 0.6) is 0 Å². The molecule has 0 spiro atoms. The summed E-state index contributed by atoms with van der Waals surface area (Å²) in [6, 6.07) is 7.40. The Balaban J connectivity index is 2.04. The first-order chi connectivity index (χ1) is 9.10. The number of hydrogen-bond acceptors (Lipinski definition) is 5. The monoisotopic (exact) mass is 296 g/mol. The van der Waals surface area contributed by atoms with Gasteiger partial charge in [0, 0.05) is 25.7 Å². The summed E-state index contributed by atoms with van der Waals surface area (Å²) in [4.78, 5) is 13.7. The Labute approximate surface area is 120 Å². The first kappa shape index (κ1) is 13.8. The molecule has 1 aromatic heterocycles. The van der Waals surface area contributed by atoms with Crippen LogP contribution in [-0.4, -0.2) is 35.1 Å². The second kappa shape index (κ2) is 5.99. The van der Waals surface area contributed by atoms with Crippen LogP contribution in [0.25, 0.3) is 0 Å². The first-order valence-electron chi connectivity index (χ1n) is 5.61. The highest BCUT2D eigenvalue weighted by molar-refractivity contribution is 7.17. The molecular formula is C12H13ClN4OS. The number of carbonyl (C=O) groups excluding carboxylic acids is 1. The van der Waals surface area contributed by atoms with Crippen LogP contribution in [0.4, 0.5) is 5.13 Å². The van der Waals surface area contributed by atoms with E-state index < -0.39 is 0 Å². The molecule has 0 aliphatic rings. The van der Waals surface area contributed by atoms with Crippen molar-refractivity contribution in [3.05, 3.63) is 39.9 Å². The van der Waals surface area contributed by atoms with E-state index in [-0.39, 0.29) is 5.91 Å². The molecule has 2 rings (SSSR count). The summed E-state index contributed by atoms with van der Waals surface area (Å²) in [5, 5.41) is 12.2. The van der Waals surface area contributed by atoms with Crippen LogP contribution in [0.3, 0.4) is 0 Å². The fourth-order valence-electron chi connectivity index (χ4n) is 1.51. The summed E-state index contributed by atoms with van der Waals surface area (Å²) in [6.07, 6.45) is 0. The lowest BCUT2D eigenvalue weighted by Crippen LogP contribution is -2.26. The van der Waals surface area contributed by atoms with Crippen molar-refractivity contribution in [1.29, 1.82) is 0 Å². The van der Waals surface area contributed by atoms with E-state index in [1.165, 1.54) is 11.3 Å². The second-order valence-corrected chi connectivity index (χ2v) is 5.36. The first-order valence-corrected chi connectivity index (χ1v) is 6.80. The highest BCUT2D eigenvalue weighted by Gasteiger charge is 2.17. The van der Waals surface area contributed by atoms with E-state index in [0.29, 0.717) is 21.7 Å². The molecule has 5 nitrogen and oxygen atoms in total. The minimum Gasteiger partial charge on any atom is -0.363 e. The molecule has 0 saturated carbocycles. The van der Waals surface area contributed by atoms with Crippen molar-refractivity contribution in [1.82, 2.24) is 15.1 Å². The standard InChI is InChI=1S/C12H13ClN4OS/c1-14-12-16-15-10(19-12)11(18)17(2)7-8-3-5-9(13)6-4-8/h3-6H,7H2,1-2H3,(H,14,16). The summed E-state index contributed by atoms with van der Waals surface area (Å²) >= 11 is 7.06. The van der Waals surface area contributed by atoms with Gasteiger partial charge in [-0.05, 0) is 17.7 Å². The van der Waals surface area contributed by atoms with Gasteiger partial charge in [0.25, 0.3) is 5.91 Å². The van der Waals surface area contributed by atoms with Crippen molar-refractivity contribution in [3.8, 4) is 0 Å². The molecule has 1 heterocycles. The molecule has 100 valence electrons. The van der Waals surface area contributed by atoms with E-state index in [9.17, 15) is 4.79 Å². The topological polar surface area (TPSA) is 58.1 Å². The van der Waals surface area contributed by atoms with Gasteiger partial charge >= 0.3 is 0 Å². The van der Waals surface area contributed by atoms with Crippen LogP contribution in [0, 0.1) is 0 Å². The Bertz CT molecular complexity index is 569. The van der Waals surface area contributed by atoms with Gasteiger partial charge in [0.15, 0.2) is 0 Å². The second-order valence-electron chi connectivity index (χ2n) is 3.95. The Hall–Kier alpha value is -1.66. The number of nitrogens with zero attached hydrogens (tertiary/aromatic N) is 3. The lowest BCUT2D eigenvalue weighted by Gasteiger charge is -2.15. The lowest BCUT2D eigenvalue weighted by atomic mass is 10.2. The summed E-state index contributed by atoms with van der Waals surface area (Å²) in [6.45, 7) is 0.504. The minimum atomic E-state index is -0.144. The zero-order valence-corrected chi connectivity index (χ0v) is 12.1. The zero-order chi connectivity index (χ0) is 13.8. The fourth-order valence-corrected chi connectivity index (χ4v) is 2.33. The van der Waals surface area contributed by atoms with Crippen LogP contribution in [0.1, 0.15) is 15.4 Å². The summed E-state index contributed by atoms with van der Waals surface area (Å²) in [5.41, 5.74) is 1.01. The third-order valence-corrected chi connectivity index (χ3v) is 3.68. The van der Waals surface area contributed by atoms with Crippen molar-refractivity contribution in [2.24, 2.45) is 0 Å². The number of nitrogens with one attached hydrogen (secondary N) is 1. The number of hydrogen-bond donors (Lipinski definition) is 1. The molecule has 0 saturated heterocycles. The Kier molecular flexibility index (Phi) is 4.34. The molecule has 0 unspecified atom stereocenters. The van der Waals surface area contributed by atoms with E-state index in [1.54, 1.807) is 31.1 Å². The highest BCUT2D eigenvalue weighted by atomic mass is 35.5. The lowest BCUT2D eigenvalue weighted by molar-refractivity contribution is 0.0784. The van der Waals surface area contributed by atoms with Gasteiger partial charge in [0.1, 0.15) is 0 Å². The van der Waals surface area contributed by atoms with Crippen LogP contribution < -0.4 is 5.32 Å². The number of rotatable bonds is 4. The Morgan fingerprint density at radius 3 is 2.63 bits per heavy atom. The molecule has 0 bridgehead atoms. The van der Waals surface area contributed by atoms with Crippen molar-refractivity contribution in [2.75, 3.05) is 19.4 Å². The smallest absolute Gasteiger partial charge is 0.284 e. The molecule has 1 amide bonds. The van der Waals surface area contributed by atoms with E-state index in [0.717, 1.165) is 5.56 Å². The number of amides is 1. The van der Waals surface area contributed by atoms with Gasteiger partial charge in [-0.25, -0.2) is 0 Å². The van der Waals surface area contributed by atoms with Gasteiger partial charge < -0.3 is 10.2 Å². The largest absolute Gasteiger partial charge is 0.363 e. The molecule has 1 aromatic carbocycles. The third kappa shape index (κ3) is 3.42. The summed E-state index contributed by atoms with van der Waals surface area (Å²) in [7, 11) is 3.48. The van der Waals surface area contributed by atoms with Gasteiger partial charge in [-0.1, -0.05) is 35.1 Å². The molecule has 0 atom stereocenters. The predicted molar refractivity (Wildman–Crippen MR) is 76.7 cm³/mol. The van der Waals surface area contributed by atoms with Crippen LogP contribution in [0.15, 0.2) is 24.3 Å². The molecule has 7 heteroatoms. The van der Waals surface area contributed by atoms with E-state index in [4.69, 9.17) is 11.6 Å². The van der Waals surface area contributed by atoms with Crippen molar-refractivity contribution in [2.45, 2.75) is 6.54 Å². The van der Waals surface area contributed by atoms with E-state index in [2.05, 4.69) is 15.5 Å². The predicted octanol–water partition coefficient (Wildman–Crippen LogP) is 2.51. The Morgan fingerprint density at radius 2 is 2.05 bits per heavy atom. The molecule has 0 aliphatic heterocycles. The van der Waals surface area contributed by atoms with Gasteiger partial charge in [0.2, 0.25) is 10.1 Å². The maximum absolute atomic E-state index is 12.1. The third-order valence-electron chi connectivity index (χ3n) is 2.50. The molecule has 0 aliphatic carbocycles. The van der Waals surface area contributed by atoms with E-state index >= 15 is 0 Å². The summed E-state index contributed by atoms with van der Waals surface area (Å²) < 4.78 is 0. The minimum absolute atomic E-state index is 0.144. The highest BCUT2D eigenvalue weighted by Crippen LogP contribution is 2.17. The average molecular weight is 297 g/mol. The fraction of sp³-hybridized carbons (Fsp3) is 0.250. The molecule has 0 fully saturated rings. The maximum Gasteiger partial charge on any atom is 0.284 e. The summed E-state index contributed by atoms with van der Waals surface area (Å²) in [5.74, 6) is -0.144. The molecule has 0 radical (unpaired) electrons. The average Bonchev–Trinajstić information content (AvgIpc) is 2.89. The van der Waals surface area contributed by atoms with E-state index in [1.807, 2.05) is 12.1 Å². The van der Waals surface area contributed by atoms with Crippen LogP contribution >= 0.6 is 22.9 Å². The van der Waals surface area contributed by atoms with Crippen molar-refractivity contribution >= 4 is 34.0 Å². The number of carbonyl (C=O) groups is 1. The van der Waals surface area contributed by atoms with Gasteiger partial charge in [0.05, 0.1) is 0 Å². The quantitative estimate of drug-likeness (QED) is 0.942. The van der Waals surface area contributed by atoms with Crippen molar-refractivity contribution < 1.29 is 4.79 Å². The van der Waals surface area contributed by atoms with Gasteiger partial charge in [-0.3, -0.25) is 4.79 Å². The zero-order valence-electron chi connectivity index (χ0n) is 10.6.